The Morgan fingerprint density at radius 1 is 0.467 bits per heavy atom. The zero-order valence-corrected chi connectivity index (χ0v) is 24.1. The van der Waals surface area contributed by atoms with Crippen LogP contribution in [0.1, 0.15) is 0 Å². The number of ether oxygens (including phenoxy) is 2. The molecule has 2 N–H and O–H groups in total. The second-order valence-electron chi connectivity index (χ2n) is 10.8. The third kappa shape index (κ3) is 4.15. The molecule has 8 bridgehead atoms. The molecule has 7 aromatic rings. The van der Waals surface area contributed by atoms with Crippen molar-refractivity contribution < 1.29 is 9.47 Å². The van der Waals surface area contributed by atoms with Gasteiger partial charge in [0.25, 0.3) is 0 Å². The minimum Gasteiger partial charge on any atom is -0.491 e. The molecule has 0 aliphatic carbocycles. The summed E-state index contributed by atoms with van der Waals surface area (Å²) >= 11 is 0. The number of hydrogen-bond acceptors (Lipinski definition) is 8. The van der Waals surface area contributed by atoms with E-state index in [2.05, 4.69) is 9.97 Å². The first kappa shape index (κ1) is 25.5. The maximum atomic E-state index is 5.95. The van der Waals surface area contributed by atoms with Gasteiger partial charge in [0.15, 0.2) is 23.3 Å². The lowest BCUT2D eigenvalue weighted by molar-refractivity contribution is 0.146. The summed E-state index contributed by atoms with van der Waals surface area (Å²) in [6.07, 6.45) is 0. The van der Waals surface area contributed by atoms with Gasteiger partial charge in [0.05, 0.1) is 6.61 Å². The minimum atomic E-state index is 0.429. The Balaban J connectivity index is 1.42. The molecule has 0 fully saturated rings. The summed E-state index contributed by atoms with van der Waals surface area (Å²) in [5, 5.41) is 3.70. The lowest BCUT2D eigenvalue weighted by Gasteiger charge is -2.07. The van der Waals surface area contributed by atoms with E-state index in [9.17, 15) is 0 Å². The van der Waals surface area contributed by atoms with Crippen LogP contribution in [0.5, 0.6) is 5.75 Å². The van der Waals surface area contributed by atoms with E-state index in [1.807, 2.05) is 91.0 Å². The molecule has 5 heterocycles. The Kier molecular flexibility index (Phi) is 5.69. The number of methoxy groups -OCH3 is 1. The summed E-state index contributed by atoms with van der Waals surface area (Å²) in [5.74, 6) is 2.91. The fourth-order valence-electron chi connectivity index (χ4n) is 5.95. The molecule has 0 amide bonds. The van der Waals surface area contributed by atoms with Crippen molar-refractivity contribution in [2.45, 2.75) is 0 Å². The van der Waals surface area contributed by atoms with Gasteiger partial charge in [-0.1, -0.05) is 72.8 Å². The van der Waals surface area contributed by atoms with E-state index in [1.165, 1.54) is 0 Å². The Labute approximate surface area is 255 Å². The monoisotopic (exact) mass is 588 g/mol. The van der Waals surface area contributed by atoms with Crippen molar-refractivity contribution >= 4 is 44.1 Å². The topological polar surface area (TPSA) is 127 Å². The first-order valence-corrected chi connectivity index (χ1v) is 14.6. The maximum Gasteiger partial charge on any atom is 0.164 e. The van der Waals surface area contributed by atoms with Crippen LogP contribution in [0, 0.1) is 0 Å². The fraction of sp³-hybridized carbons (Fsp3) is 0.0857. The van der Waals surface area contributed by atoms with E-state index in [-0.39, 0.29) is 0 Å². The van der Waals surface area contributed by atoms with Crippen LogP contribution in [0.4, 0.5) is 0 Å². The van der Waals surface area contributed by atoms with E-state index in [0.717, 1.165) is 43.8 Å². The largest absolute Gasteiger partial charge is 0.491 e. The predicted octanol–water partition coefficient (Wildman–Crippen LogP) is 6.89. The van der Waals surface area contributed by atoms with Crippen LogP contribution < -0.4 is 4.74 Å². The highest BCUT2D eigenvalue weighted by Gasteiger charge is 2.22. The first-order valence-electron chi connectivity index (χ1n) is 14.6. The molecular weight excluding hydrogens is 564 g/mol. The molecule has 0 spiro atoms. The average molecular weight is 589 g/mol. The SMILES string of the molecule is COCCOc1ccc2c(c1)-c1nc-2nc2[nH]c(nc3nc(nc4[nH]c(n1)c1ccccc41)-c1ccccc1-3)c1ccccc21. The molecule has 10 nitrogen and oxygen atoms in total. The standard InChI is InChI=1S/C35H24N8O2/c1-44-16-17-45-19-14-15-26-27(18-19)35-42-33-25-13-7-6-12-24(25)31(40-33)38-29-21-9-3-2-8-20(21)28(36-29)37-30-22-10-4-5-11-23(22)32(39-30)41-34(26)43-35/h2-15,18H,16-17H2,1H3,(H2,36,37,38,39,40,41,42,43). The molecule has 2 aliphatic heterocycles. The molecule has 0 radical (unpaired) electrons. The molecule has 10 heteroatoms. The number of fused-ring (bicyclic) bond motifs is 20. The third-order valence-electron chi connectivity index (χ3n) is 8.08. The van der Waals surface area contributed by atoms with Crippen LogP contribution in [0.3, 0.4) is 0 Å². The van der Waals surface area contributed by atoms with Crippen molar-refractivity contribution in [2.24, 2.45) is 0 Å². The van der Waals surface area contributed by atoms with Crippen molar-refractivity contribution in [2.75, 3.05) is 20.3 Å². The quantitative estimate of drug-likeness (QED) is 0.213. The molecule has 4 aromatic carbocycles. The van der Waals surface area contributed by atoms with Crippen LogP contribution in [0.25, 0.3) is 89.7 Å². The van der Waals surface area contributed by atoms with Gasteiger partial charge in [-0.15, -0.1) is 0 Å². The summed E-state index contributed by atoms with van der Waals surface area (Å²) in [5.41, 5.74) is 6.10. The summed E-state index contributed by atoms with van der Waals surface area (Å²) in [4.78, 5) is 37.0. The zero-order valence-electron chi connectivity index (χ0n) is 24.1. The molecule has 0 unspecified atom stereocenters. The van der Waals surface area contributed by atoms with Crippen molar-refractivity contribution in [3.8, 4) is 51.3 Å². The van der Waals surface area contributed by atoms with E-state index in [4.69, 9.17) is 39.4 Å². The number of aromatic amines is 2. The molecule has 216 valence electrons. The van der Waals surface area contributed by atoms with Crippen LogP contribution in [-0.4, -0.2) is 60.2 Å². The smallest absolute Gasteiger partial charge is 0.164 e. The minimum absolute atomic E-state index is 0.429. The molecule has 3 aromatic heterocycles. The highest BCUT2D eigenvalue weighted by Crippen LogP contribution is 2.38. The summed E-state index contributed by atoms with van der Waals surface area (Å²) in [6, 6.07) is 29.9. The van der Waals surface area contributed by atoms with Gasteiger partial charge in [0.1, 0.15) is 34.9 Å². The number of rotatable bonds is 4. The van der Waals surface area contributed by atoms with Crippen LogP contribution in [0.2, 0.25) is 0 Å². The van der Waals surface area contributed by atoms with E-state index in [0.29, 0.717) is 64.8 Å². The fourth-order valence-corrected chi connectivity index (χ4v) is 5.95. The van der Waals surface area contributed by atoms with Crippen molar-refractivity contribution in [3.05, 3.63) is 91.0 Å². The molecule has 0 saturated heterocycles. The second kappa shape index (κ2) is 10.0. The third-order valence-corrected chi connectivity index (χ3v) is 8.08. The normalized spacial score (nSPS) is 11.9. The van der Waals surface area contributed by atoms with Crippen molar-refractivity contribution in [1.29, 1.82) is 0 Å². The van der Waals surface area contributed by atoms with Gasteiger partial charge in [0, 0.05) is 50.9 Å². The Bertz CT molecular complexity index is 2480. The lowest BCUT2D eigenvalue weighted by atomic mass is 10.1. The summed E-state index contributed by atoms with van der Waals surface area (Å²) < 4.78 is 11.1. The average Bonchev–Trinajstić information content (AvgIpc) is 3.80. The molecule has 45 heavy (non-hydrogen) atoms. The van der Waals surface area contributed by atoms with E-state index in [1.54, 1.807) is 7.11 Å². The second-order valence-corrected chi connectivity index (χ2v) is 10.8. The number of nitrogens with one attached hydrogen (secondary N) is 2. The maximum absolute atomic E-state index is 5.95. The molecule has 9 rings (SSSR count). The Morgan fingerprint density at radius 2 is 0.889 bits per heavy atom. The zero-order chi connectivity index (χ0) is 29.9. The van der Waals surface area contributed by atoms with Gasteiger partial charge < -0.3 is 19.4 Å². The van der Waals surface area contributed by atoms with Crippen molar-refractivity contribution in [3.63, 3.8) is 0 Å². The molecule has 0 saturated carbocycles. The summed E-state index contributed by atoms with van der Waals surface area (Å²) in [6.45, 7) is 0.913. The number of benzene rings is 4. The van der Waals surface area contributed by atoms with Gasteiger partial charge in [-0.2, -0.15) is 0 Å². The van der Waals surface area contributed by atoms with Crippen LogP contribution >= 0.6 is 0 Å². The summed E-state index contributed by atoms with van der Waals surface area (Å²) in [7, 11) is 1.65. The van der Waals surface area contributed by atoms with Gasteiger partial charge >= 0.3 is 0 Å². The Hall–Kier alpha value is -6.00. The van der Waals surface area contributed by atoms with Crippen LogP contribution in [-0.2, 0) is 4.74 Å². The number of H-pyrrole nitrogens is 2. The molecule has 0 atom stereocenters. The highest BCUT2D eigenvalue weighted by molar-refractivity contribution is 6.06. The van der Waals surface area contributed by atoms with Gasteiger partial charge in [0.2, 0.25) is 0 Å². The predicted molar refractivity (Wildman–Crippen MR) is 173 cm³/mol. The molecule has 2 aliphatic rings. The first-order chi connectivity index (χ1) is 22.2. The van der Waals surface area contributed by atoms with Crippen molar-refractivity contribution in [1.82, 2.24) is 39.9 Å². The highest BCUT2D eigenvalue weighted by atomic mass is 16.5. The van der Waals surface area contributed by atoms with Gasteiger partial charge in [-0.25, -0.2) is 29.9 Å². The van der Waals surface area contributed by atoms with Gasteiger partial charge in [-0.3, -0.25) is 0 Å². The number of aromatic nitrogens is 8. The number of hydrogen-bond donors (Lipinski definition) is 2. The van der Waals surface area contributed by atoms with E-state index >= 15 is 0 Å². The Morgan fingerprint density at radius 3 is 1.36 bits per heavy atom. The van der Waals surface area contributed by atoms with Gasteiger partial charge in [-0.05, 0) is 18.2 Å². The number of nitrogens with zero attached hydrogens (tertiary/aromatic N) is 6. The van der Waals surface area contributed by atoms with Crippen LogP contribution in [0.15, 0.2) is 91.0 Å². The van der Waals surface area contributed by atoms with E-state index < -0.39 is 0 Å². The molecular formula is C35H24N8O2. The lowest BCUT2D eigenvalue weighted by Crippen LogP contribution is -2.04.